The van der Waals surface area contributed by atoms with Crippen molar-refractivity contribution >= 4 is 16.4 Å². The fraction of sp³-hybridized carbons (Fsp3) is 0.786. The van der Waals surface area contributed by atoms with Crippen LogP contribution in [0.2, 0.25) is 0 Å². The van der Waals surface area contributed by atoms with Crippen LogP contribution in [-0.4, -0.2) is 97.5 Å². The van der Waals surface area contributed by atoms with Gasteiger partial charge in [0.2, 0.25) is 0 Å². The Bertz CT molecular complexity index is 1160. The molecule has 0 aliphatic carbocycles. The first-order valence-electron chi connectivity index (χ1n) is 20.9. The second-order valence-corrected chi connectivity index (χ2v) is 15.3. The maximum absolute atomic E-state index is 12.5. The Kier molecular flexibility index (Phi) is 31.7. The summed E-state index contributed by atoms with van der Waals surface area (Å²) < 4.78 is 58.5. The van der Waals surface area contributed by atoms with E-state index in [1.807, 2.05) is 0 Å². The van der Waals surface area contributed by atoms with Gasteiger partial charge in [-0.25, -0.2) is 4.18 Å². The molecular weight excluding hydrogens is 729 g/mol. The van der Waals surface area contributed by atoms with Crippen molar-refractivity contribution < 1.29 is 56.2 Å². The minimum Gasteiger partial charge on any atom is -0.457 e. The van der Waals surface area contributed by atoms with Crippen LogP contribution >= 0.6 is 0 Å². The van der Waals surface area contributed by atoms with Gasteiger partial charge in [-0.1, -0.05) is 140 Å². The number of aliphatic hydroxyl groups excluding tert-OH is 3. The SMILES string of the molecule is CC/C=C\C/C=C\C/C=C\C/C=C\CCCCCCCCCCCCCOCC(COC1OC(CO)C(O)C(OS(=O)(=O)O)C1O)OC(=O)CCCCCC. The van der Waals surface area contributed by atoms with Gasteiger partial charge in [-0.05, 0) is 51.4 Å². The maximum atomic E-state index is 12.5. The molecule has 0 aromatic rings. The van der Waals surface area contributed by atoms with E-state index in [4.69, 9.17) is 23.5 Å². The summed E-state index contributed by atoms with van der Waals surface area (Å²) in [5.41, 5.74) is 0. The van der Waals surface area contributed by atoms with E-state index in [-0.39, 0.29) is 19.6 Å². The molecule has 1 fully saturated rings. The fourth-order valence-electron chi connectivity index (χ4n) is 6.07. The standard InChI is InChI=1S/C42H74O12S/c1-3-5-7-9-10-11-12-13-14-15-16-17-18-19-20-21-22-23-24-25-26-27-28-30-32-50-34-36(52-38(44)31-29-8-6-4-2)35-51-42-40(46)41(54-55(47,48)49)39(45)37(33-43)53-42/h5,7,10-11,13-14,16-17,36-37,39-43,45-46H,3-4,6,8-9,12,15,18-35H2,1-2H3,(H,47,48,49)/b7-5-,11-10-,14-13-,17-16-. The van der Waals surface area contributed by atoms with Gasteiger partial charge in [-0.2, -0.15) is 8.42 Å². The predicted octanol–water partition coefficient (Wildman–Crippen LogP) is 8.02. The summed E-state index contributed by atoms with van der Waals surface area (Å²) in [7, 11) is -5.05. The van der Waals surface area contributed by atoms with E-state index in [2.05, 4.69) is 66.6 Å². The molecule has 1 heterocycles. The lowest BCUT2D eigenvalue weighted by molar-refractivity contribution is -0.301. The molecule has 0 aromatic carbocycles. The lowest BCUT2D eigenvalue weighted by Crippen LogP contribution is -2.60. The number of unbranched alkanes of at least 4 members (excludes halogenated alkanes) is 14. The molecule has 4 N–H and O–H groups in total. The lowest BCUT2D eigenvalue weighted by atomic mass is 9.99. The smallest absolute Gasteiger partial charge is 0.397 e. The highest BCUT2D eigenvalue weighted by molar-refractivity contribution is 7.80. The number of rotatable bonds is 35. The van der Waals surface area contributed by atoms with Crippen molar-refractivity contribution in [3.05, 3.63) is 48.6 Å². The first kappa shape index (κ1) is 51.1. The lowest BCUT2D eigenvalue weighted by Gasteiger charge is -2.41. The zero-order chi connectivity index (χ0) is 40.4. The molecule has 1 rings (SSSR count). The zero-order valence-corrected chi connectivity index (χ0v) is 34.5. The largest absolute Gasteiger partial charge is 0.457 e. The van der Waals surface area contributed by atoms with Gasteiger partial charge in [0.1, 0.15) is 30.5 Å². The quantitative estimate of drug-likeness (QED) is 0.0210. The third-order valence-corrected chi connectivity index (χ3v) is 9.68. The molecular formula is C42H74O12S. The summed E-state index contributed by atoms with van der Waals surface area (Å²) in [4.78, 5) is 12.5. The number of ether oxygens (including phenoxy) is 4. The van der Waals surface area contributed by atoms with Gasteiger partial charge in [0.05, 0.1) is 19.8 Å². The number of allylic oxidation sites excluding steroid dienone is 8. The summed E-state index contributed by atoms with van der Waals surface area (Å²) in [6.45, 7) is 3.71. The van der Waals surface area contributed by atoms with E-state index in [1.165, 1.54) is 51.4 Å². The van der Waals surface area contributed by atoms with Crippen LogP contribution in [0.15, 0.2) is 48.6 Å². The van der Waals surface area contributed by atoms with Crippen molar-refractivity contribution in [1.29, 1.82) is 0 Å². The van der Waals surface area contributed by atoms with Crippen LogP contribution in [0.3, 0.4) is 0 Å². The highest BCUT2D eigenvalue weighted by Gasteiger charge is 2.48. The second-order valence-electron chi connectivity index (χ2n) is 14.2. The summed E-state index contributed by atoms with van der Waals surface area (Å²) in [6, 6.07) is 0. The molecule has 1 aliphatic rings. The van der Waals surface area contributed by atoms with Gasteiger partial charge in [-0.3, -0.25) is 9.35 Å². The molecule has 1 aliphatic heterocycles. The Balaban J connectivity index is 2.24. The molecule has 13 heteroatoms. The van der Waals surface area contributed by atoms with Gasteiger partial charge in [0, 0.05) is 13.0 Å². The number of hydrogen-bond donors (Lipinski definition) is 4. The Labute approximate surface area is 332 Å². The molecule has 12 nitrogen and oxygen atoms in total. The first-order valence-corrected chi connectivity index (χ1v) is 22.3. The number of esters is 1. The Morgan fingerprint density at radius 2 is 1.25 bits per heavy atom. The Morgan fingerprint density at radius 1 is 0.709 bits per heavy atom. The molecule has 320 valence electrons. The highest BCUT2D eigenvalue weighted by Crippen LogP contribution is 2.26. The monoisotopic (exact) mass is 802 g/mol. The van der Waals surface area contributed by atoms with Crippen LogP contribution in [-0.2, 0) is 38.3 Å². The molecule has 0 bridgehead atoms. The molecule has 6 unspecified atom stereocenters. The number of carbonyl (C=O) groups excluding carboxylic acids is 1. The molecule has 0 spiro atoms. The van der Waals surface area contributed by atoms with Gasteiger partial charge >= 0.3 is 16.4 Å². The van der Waals surface area contributed by atoms with Gasteiger partial charge in [-0.15, -0.1) is 0 Å². The van der Waals surface area contributed by atoms with Gasteiger partial charge < -0.3 is 34.3 Å². The number of hydrogen-bond acceptors (Lipinski definition) is 11. The average Bonchev–Trinajstić information content (AvgIpc) is 3.15. The van der Waals surface area contributed by atoms with Gasteiger partial charge in [0.25, 0.3) is 0 Å². The Morgan fingerprint density at radius 3 is 1.82 bits per heavy atom. The van der Waals surface area contributed by atoms with E-state index < -0.39 is 59.8 Å². The first-order chi connectivity index (χ1) is 26.6. The highest BCUT2D eigenvalue weighted by atomic mass is 32.3. The summed E-state index contributed by atoms with van der Waals surface area (Å²) in [5, 5.41) is 30.4. The molecule has 6 atom stereocenters. The van der Waals surface area contributed by atoms with Crippen LogP contribution < -0.4 is 0 Å². The zero-order valence-electron chi connectivity index (χ0n) is 33.7. The average molecular weight is 803 g/mol. The summed E-state index contributed by atoms with van der Waals surface area (Å²) >= 11 is 0. The van der Waals surface area contributed by atoms with Crippen molar-refractivity contribution in [2.24, 2.45) is 0 Å². The summed E-state index contributed by atoms with van der Waals surface area (Å²) in [5.74, 6) is -0.420. The molecule has 0 amide bonds. The van der Waals surface area contributed by atoms with Gasteiger partial charge in [0.15, 0.2) is 6.29 Å². The molecule has 0 radical (unpaired) electrons. The molecule has 0 aromatic heterocycles. The van der Waals surface area contributed by atoms with E-state index >= 15 is 0 Å². The van der Waals surface area contributed by atoms with Crippen LogP contribution in [0.5, 0.6) is 0 Å². The minimum atomic E-state index is -5.05. The van der Waals surface area contributed by atoms with Crippen molar-refractivity contribution in [1.82, 2.24) is 0 Å². The van der Waals surface area contributed by atoms with Crippen molar-refractivity contribution in [3.63, 3.8) is 0 Å². The van der Waals surface area contributed by atoms with E-state index in [0.717, 1.165) is 70.6 Å². The second kappa shape index (κ2) is 34.1. The minimum absolute atomic E-state index is 0.0317. The van der Waals surface area contributed by atoms with E-state index in [0.29, 0.717) is 13.0 Å². The molecule has 55 heavy (non-hydrogen) atoms. The third-order valence-electron chi connectivity index (χ3n) is 9.22. The summed E-state index contributed by atoms with van der Waals surface area (Å²) in [6.07, 6.45) is 30.9. The number of aliphatic hydroxyl groups is 3. The van der Waals surface area contributed by atoms with Crippen molar-refractivity contribution in [2.45, 2.75) is 185 Å². The van der Waals surface area contributed by atoms with Crippen LogP contribution in [0, 0.1) is 0 Å². The molecule has 1 saturated heterocycles. The maximum Gasteiger partial charge on any atom is 0.397 e. The van der Waals surface area contributed by atoms with Crippen LogP contribution in [0.25, 0.3) is 0 Å². The topological polar surface area (TPSA) is 178 Å². The number of carbonyl (C=O) groups is 1. The van der Waals surface area contributed by atoms with Crippen LogP contribution in [0.1, 0.15) is 149 Å². The third kappa shape index (κ3) is 28.2. The fourth-order valence-corrected chi connectivity index (χ4v) is 6.58. The van der Waals surface area contributed by atoms with Crippen LogP contribution in [0.4, 0.5) is 0 Å². The normalized spacial score (nSPS) is 21.5. The van der Waals surface area contributed by atoms with E-state index in [9.17, 15) is 28.5 Å². The van der Waals surface area contributed by atoms with Crippen molar-refractivity contribution in [2.75, 3.05) is 26.4 Å². The Hall–Kier alpha value is -1.94. The molecule has 0 saturated carbocycles. The predicted molar refractivity (Wildman–Crippen MR) is 216 cm³/mol. The van der Waals surface area contributed by atoms with Crippen molar-refractivity contribution in [3.8, 4) is 0 Å². The van der Waals surface area contributed by atoms with E-state index in [1.54, 1.807) is 0 Å².